The molecule has 2 aromatic rings. The van der Waals surface area contributed by atoms with E-state index in [4.69, 9.17) is 16.3 Å². The predicted molar refractivity (Wildman–Crippen MR) is 124 cm³/mol. The summed E-state index contributed by atoms with van der Waals surface area (Å²) in [4.78, 5) is 35.1. The van der Waals surface area contributed by atoms with Crippen LogP contribution in [0.2, 0.25) is 5.02 Å². The van der Waals surface area contributed by atoms with Crippen LogP contribution in [0.1, 0.15) is 28.4 Å². The number of hydrogen-bond donors (Lipinski definition) is 0. The van der Waals surface area contributed by atoms with Crippen molar-refractivity contribution >= 4 is 47.5 Å². The number of anilines is 2. The van der Waals surface area contributed by atoms with Gasteiger partial charge in [-0.25, -0.2) is 9.78 Å². The molecule has 2 amide bonds. The van der Waals surface area contributed by atoms with Crippen LogP contribution >= 0.6 is 24.0 Å². The van der Waals surface area contributed by atoms with Gasteiger partial charge in [-0.05, 0) is 50.1 Å². The van der Waals surface area contributed by atoms with Gasteiger partial charge in [0.25, 0.3) is 5.91 Å². The largest absolute Gasteiger partial charge is 0.447 e. The molecule has 0 saturated carbocycles. The molecule has 1 aromatic carbocycles. The van der Waals surface area contributed by atoms with Crippen molar-refractivity contribution in [1.29, 1.82) is 0 Å². The Morgan fingerprint density at radius 2 is 1.87 bits per heavy atom. The quantitative estimate of drug-likeness (QED) is 0.684. The molecule has 7 nitrogen and oxygen atoms in total. The number of pyridine rings is 1. The average molecular weight is 465 g/mol. The van der Waals surface area contributed by atoms with E-state index in [1.807, 2.05) is 24.9 Å². The van der Waals surface area contributed by atoms with Crippen LogP contribution in [0.15, 0.2) is 30.5 Å². The third-order valence-corrected chi connectivity index (χ3v) is 5.91. The molecule has 31 heavy (non-hydrogen) atoms. The van der Waals surface area contributed by atoms with Crippen LogP contribution in [-0.2, 0) is 4.74 Å². The lowest BCUT2D eigenvalue weighted by Crippen LogP contribution is -2.49. The molecule has 2 aliphatic heterocycles. The average Bonchev–Trinajstić information content (AvgIpc) is 3.06. The van der Waals surface area contributed by atoms with E-state index < -0.39 is 6.09 Å². The maximum atomic E-state index is 13.0. The molecule has 0 aliphatic carbocycles. The second-order valence-corrected chi connectivity index (χ2v) is 8.30. The number of aromatic nitrogens is 1. The van der Waals surface area contributed by atoms with Gasteiger partial charge in [-0.2, -0.15) is 0 Å². The number of amides is 2. The molecule has 0 N–H and O–H groups in total. The molecule has 0 spiro atoms. The highest BCUT2D eigenvalue weighted by atomic mass is 35.5. The van der Waals surface area contributed by atoms with Crippen LogP contribution in [0, 0.1) is 13.8 Å². The Bertz CT molecular complexity index is 993. The van der Waals surface area contributed by atoms with E-state index in [9.17, 15) is 9.59 Å². The van der Waals surface area contributed by atoms with Gasteiger partial charge in [0.1, 0.15) is 12.4 Å². The van der Waals surface area contributed by atoms with Crippen LogP contribution in [-0.4, -0.2) is 60.7 Å². The Labute approximate surface area is 193 Å². The van der Waals surface area contributed by atoms with Crippen LogP contribution < -0.4 is 9.80 Å². The summed E-state index contributed by atoms with van der Waals surface area (Å²) in [6.45, 7) is 8.97. The zero-order chi connectivity index (χ0) is 21.4. The smallest absolute Gasteiger partial charge is 0.414 e. The van der Waals surface area contributed by atoms with E-state index in [-0.39, 0.29) is 24.4 Å². The lowest BCUT2D eigenvalue weighted by Gasteiger charge is -2.36. The highest BCUT2D eigenvalue weighted by Gasteiger charge is 2.32. The molecular weight excluding hydrogens is 439 g/mol. The molecule has 2 saturated heterocycles. The summed E-state index contributed by atoms with van der Waals surface area (Å²) in [5, 5.41) is 0.336. The lowest BCUT2D eigenvalue weighted by atomic mass is 10.1. The van der Waals surface area contributed by atoms with Gasteiger partial charge in [-0.3, -0.25) is 9.69 Å². The van der Waals surface area contributed by atoms with Crippen LogP contribution in [0.3, 0.4) is 0 Å². The highest BCUT2D eigenvalue weighted by Crippen LogP contribution is 2.29. The number of benzene rings is 1. The van der Waals surface area contributed by atoms with Gasteiger partial charge in [-0.1, -0.05) is 17.7 Å². The lowest BCUT2D eigenvalue weighted by molar-refractivity contribution is 0.0746. The summed E-state index contributed by atoms with van der Waals surface area (Å²) >= 11 is 6.43. The Morgan fingerprint density at radius 3 is 2.45 bits per heavy atom. The summed E-state index contributed by atoms with van der Waals surface area (Å²) in [5.74, 6) is 0.874. The Kier molecular flexibility index (Phi) is 6.96. The first kappa shape index (κ1) is 23.2. The number of nitrogens with zero attached hydrogens (tertiary/aromatic N) is 4. The fourth-order valence-electron chi connectivity index (χ4n) is 4.03. The van der Waals surface area contributed by atoms with Crippen molar-refractivity contribution in [3.63, 3.8) is 0 Å². The monoisotopic (exact) mass is 464 g/mol. The van der Waals surface area contributed by atoms with Crippen LogP contribution in [0.25, 0.3) is 0 Å². The maximum Gasteiger partial charge on any atom is 0.414 e. The van der Waals surface area contributed by atoms with E-state index in [1.54, 1.807) is 23.1 Å². The van der Waals surface area contributed by atoms with Gasteiger partial charge in [0.15, 0.2) is 0 Å². The van der Waals surface area contributed by atoms with Crippen molar-refractivity contribution in [2.75, 3.05) is 42.6 Å². The number of cyclic esters (lactones) is 1. The fourth-order valence-corrected chi connectivity index (χ4v) is 4.29. The van der Waals surface area contributed by atoms with E-state index in [0.717, 1.165) is 30.0 Å². The Balaban J connectivity index is 0.00000272. The second-order valence-electron chi connectivity index (χ2n) is 7.89. The van der Waals surface area contributed by atoms with Crippen LogP contribution in [0.4, 0.5) is 16.3 Å². The standard InChI is InChI=1S/C22H25ClN4O3.ClH/c1-14-10-15(2)20(24-12-14)25-6-8-26(9-7-25)21(28)18-5-4-17(11-19(18)23)27-16(3)13-30-22(27)29;/h4-5,10-12,16H,6-9,13H2,1-3H3;1H/t16-;/m1./s1. The third kappa shape index (κ3) is 4.57. The molecule has 4 rings (SSSR count). The van der Waals surface area contributed by atoms with Crippen molar-refractivity contribution < 1.29 is 14.3 Å². The number of rotatable bonds is 3. The Hall–Kier alpha value is -2.51. The van der Waals surface area contributed by atoms with Crippen molar-refractivity contribution in [2.24, 2.45) is 0 Å². The van der Waals surface area contributed by atoms with Crippen molar-refractivity contribution in [2.45, 2.75) is 26.8 Å². The van der Waals surface area contributed by atoms with E-state index >= 15 is 0 Å². The summed E-state index contributed by atoms with van der Waals surface area (Å²) in [5.41, 5.74) is 3.36. The van der Waals surface area contributed by atoms with Crippen molar-refractivity contribution in [1.82, 2.24) is 9.88 Å². The Morgan fingerprint density at radius 1 is 1.16 bits per heavy atom. The minimum absolute atomic E-state index is 0. The SMILES string of the molecule is Cc1cnc(N2CCN(C(=O)c3ccc(N4C(=O)OC[C@H]4C)cc3Cl)CC2)c(C)c1.Cl. The van der Waals surface area contributed by atoms with Crippen molar-refractivity contribution in [3.05, 3.63) is 52.2 Å². The summed E-state index contributed by atoms with van der Waals surface area (Å²) in [6, 6.07) is 7.15. The first-order valence-corrected chi connectivity index (χ1v) is 10.5. The summed E-state index contributed by atoms with van der Waals surface area (Å²) in [7, 11) is 0. The van der Waals surface area contributed by atoms with Gasteiger partial charge < -0.3 is 14.5 Å². The third-order valence-electron chi connectivity index (χ3n) is 5.60. The highest BCUT2D eigenvalue weighted by molar-refractivity contribution is 6.34. The molecule has 1 aromatic heterocycles. The number of hydrogen-bond acceptors (Lipinski definition) is 5. The van der Waals surface area contributed by atoms with Crippen LogP contribution in [0.5, 0.6) is 0 Å². The molecule has 0 bridgehead atoms. The summed E-state index contributed by atoms with van der Waals surface area (Å²) in [6.07, 6.45) is 1.48. The molecule has 3 heterocycles. The molecule has 0 radical (unpaired) electrons. The van der Waals surface area contributed by atoms with E-state index in [2.05, 4.69) is 22.9 Å². The van der Waals surface area contributed by atoms with E-state index in [1.165, 1.54) is 0 Å². The minimum Gasteiger partial charge on any atom is -0.447 e. The fraction of sp³-hybridized carbons (Fsp3) is 0.409. The molecule has 1 atom stereocenters. The van der Waals surface area contributed by atoms with E-state index in [0.29, 0.717) is 36.0 Å². The number of carbonyl (C=O) groups excluding carboxylic acids is 2. The zero-order valence-corrected chi connectivity index (χ0v) is 19.4. The molecule has 166 valence electrons. The molecule has 9 heteroatoms. The summed E-state index contributed by atoms with van der Waals surface area (Å²) < 4.78 is 5.07. The van der Waals surface area contributed by atoms with Gasteiger partial charge >= 0.3 is 6.09 Å². The first-order valence-electron chi connectivity index (χ1n) is 10.1. The number of halogens is 2. The van der Waals surface area contributed by atoms with Gasteiger partial charge in [-0.15, -0.1) is 12.4 Å². The topological polar surface area (TPSA) is 66.0 Å². The van der Waals surface area contributed by atoms with Crippen molar-refractivity contribution in [3.8, 4) is 0 Å². The normalized spacial score (nSPS) is 18.6. The number of ether oxygens (including phenoxy) is 1. The minimum atomic E-state index is -0.395. The molecular formula is C22H26Cl2N4O3. The predicted octanol–water partition coefficient (Wildman–Crippen LogP) is 4.08. The number of piperazine rings is 1. The maximum absolute atomic E-state index is 13.0. The zero-order valence-electron chi connectivity index (χ0n) is 17.8. The number of aryl methyl sites for hydroxylation is 2. The molecule has 2 fully saturated rings. The second kappa shape index (κ2) is 9.32. The van der Waals surface area contributed by atoms with Gasteiger partial charge in [0.2, 0.25) is 0 Å². The van der Waals surface area contributed by atoms with Gasteiger partial charge in [0, 0.05) is 38.1 Å². The number of carbonyl (C=O) groups is 2. The first-order chi connectivity index (χ1) is 14.3. The molecule has 0 unspecified atom stereocenters. The van der Waals surface area contributed by atoms with Gasteiger partial charge in [0.05, 0.1) is 16.6 Å². The molecule has 2 aliphatic rings.